The number of guanidine groups is 1. The van der Waals surface area contributed by atoms with E-state index < -0.39 is 0 Å². The summed E-state index contributed by atoms with van der Waals surface area (Å²) < 4.78 is 4.96. The topological polar surface area (TPSA) is 53.7 Å². The molecule has 76 valence electrons. The van der Waals surface area contributed by atoms with Gasteiger partial charge in [0.05, 0.1) is 13.1 Å². The van der Waals surface area contributed by atoms with E-state index in [2.05, 4.69) is 20.4 Å². The number of hydrogen-bond donors (Lipinski definition) is 1. The molecule has 2 heterocycles. The zero-order valence-corrected chi connectivity index (χ0v) is 8.45. The average molecular weight is 194 g/mol. The summed E-state index contributed by atoms with van der Waals surface area (Å²) >= 11 is 0. The van der Waals surface area contributed by atoms with Crippen LogP contribution in [0.2, 0.25) is 0 Å². The molecule has 5 nitrogen and oxygen atoms in total. The van der Waals surface area contributed by atoms with Crippen LogP contribution in [-0.2, 0) is 6.54 Å². The van der Waals surface area contributed by atoms with E-state index in [1.165, 1.54) is 0 Å². The number of likely N-dealkylation sites (N-methyl/N-ethyl adjacent to an activating group) is 1. The van der Waals surface area contributed by atoms with Gasteiger partial charge in [-0.15, -0.1) is 0 Å². The van der Waals surface area contributed by atoms with Gasteiger partial charge < -0.3 is 14.7 Å². The van der Waals surface area contributed by atoms with Crippen LogP contribution in [0.5, 0.6) is 0 Å². The highest BCUT2D eigenvalue weighted by Gasteiger charge is 2.11. The average Bonchev–Trinajstić information content (AvgIpc) is 2.72. The Labute approximate surface area is 82.8 Å². The fourth-order valence-corrected chi connectivity index (χ4v) is 1.39. The van der Waals surface area contributed by atoms with Crippen molar-refractivity contribution in [2.75, 3.05) is 20.1 Å². The molecule has 1 aromatic heterocycles. The van der Waals surface area contributed by atoms with E-state index in [4.69, 9.17) is 4.52 Å². The molecule has 0 spiro atoms. The van der Waals surface area contributed by atoms with Crippen LogP contribution in [0, 0.1) is 6.92 Å². The molecule has 0 amide bonds. The third-order valence-electron chi connectivity index (χ3n) is 2.16. The van der Waals surface area contributed by atoms with Crippen molar-refractivity contribution in [1.82, 2.24) is 15.4 Å². The van der Waals surface area contributed by atoms with Gasteiger partial charge in [-0.05, 0) is 6.92 Å². The second kappa shape index (κ2) is 3.69. The highest BCUT2D eigenvalue weighted by Crippen LogP contribution is 2.02. The predicted octanol–water partition coefficient (Wildman–Crippen LogP) is 0.374. The minimum absolute atomic E-state index is 0.667. The maximum Gasteiger partial charge on any atom is 0.194 e. The summed E-state index contributed by atoms with van der Waals surface area (Å²) in [5, 5.41) is 7.11. The Hall–Kier alpha value is -1.52. The van der Waals surface area contributed by atoms with Crippen LogP contribution in [0.15, 0.2) is 15.6 Å². The van der Waals surface area contributed by atoms with E-state index in [1.807, 2.05) is 20.0 Å². The number of nitrogens with zero attached hydrogens (tertiary/aromatic N) is 3. The molecule has 0 aliphatic carbocycles. The van der Waals surface area contributed by atoms with Gasteiger partial charge in [-0.25, -0.2) is 0 Å². The first kappa shape index (κ1) is 9.05. The smallest absolute Gasteiger partial charge is 0.194 e. The van der Waals surface area contributed by atoms with Crippen LogP contribution in [-0.4, -0.2) is 36.2 Å². The zero-order chi connectivity index (χ0) is 9.97. The van der Waals surface area contributed by atoms with Crippen molar-refractivity contribution in [3.05, 3.63) is 17.5 Å². The number of aromatic nitrogens is 1. The second-order valence-corrected chi connectivity index (χ2v) is 3.41. The van der Waals surface area contributed by atoms with Gasteiger partial charge in [0.2, 0.25) is 0 Å². The Morgan fingerprint density at radius 1 is 1.64 bits per heavy atom. The van der Waals surface area contributed by atoms with E-state index in [-0.39, 0.29) is 0 Å². The fourth-order valence-electron chi connectivity index (χ4n) is 1.39. The lowest BCUT2D eigenvalue weighted by atomic mass is 10.4. The first-order chi connectivity index (χ1) is 6.75. The Morgan fingerprint density at radius 2 is 2.50 bits per heavy atom. The Kier molecular flexibility index (Phi) is 2.39. The van der Waals surface area contributed by atoms with Crippen LogP contribution in [0.25, 0.3) is 0 Å². The fraction of sp³-hybridized carbons (Fsp3) is 0.556. The summed E-state index contributed by atoms with van der Waals surface area (Å²) in [4.78, 5) is 6.40. The third-order valence-corrected chi connectivity index (χ3v) is 2.16. The molecule has 1 aliphatic heterocycles. The first-order valence-electron chi connectivity index (χ1n) is 4.67. The van der Waals surface area contributed by atoms with Gasteiger partial charge in [0.15, 0.2) is 5.96 Å². The molecule has 1 aromatic rings. The highest BCUT2D eigenvalue weighted by molar-refractivity contribution is 5.81. The Morgan fingerprint density at radius 3 is 3.07 bits per heavy atom. The summed E-state index contributed by atoms with van der Waals surface area (Å²) in [7, 11) is 2.02. The van der Waals surface area contributed by atoms with Gasteiger partial charge in [0.1, 0.15) is 11.5 Å². The van der Waals surface area contributed by atoms with Crippen molar-refractivity contribution in [1.29, 1.82) is 0 Å². The molecule has 0 saturated carbocycles. The van der Waals surface area contributed by atoms with Crippen LogP contribution in [0.1, 0.15) is 11.5 Å². The van der Waals surface area contributed by atoms with Crippen LogP contribution in [0.3, 0.4) is 0 Å². The maximum atomic E-state index is 4.96. The molecule has 0 unspecified atom stereocenters. The number of aryl methyl sites for hydroxylation is 1. The lowest BCUT2D eigenvalue weighted by Gasteiger charge is -2.13. The van der Waals surface area contributed by atoms with Crippen molar-refractivity contribution in [3.63, 3.8) is 0 Å². The molecule has 0 atom stereocenters. The molecule has 1 N–H and O–H groups in total. The van der Waals surface area contributed by atoms with E-state index >= 15 is 0 Å². The molecule has 0 aromatic carbocycles. The molecule has 0 radical (unpaired) electrons. The normalized spacial score (nSPS) is 15.9. The van der Waals surface area contributed by atoms with Crippen molar-refractivity contribution in [3.8, 4) is 0 Å². The van der Waals surface area contributed by atoms with Gasteiger partial charge in [-0.3, -0.25) is 4.99 Å². The third kappa shape index (κ3) is 1.86. The Balaban J connectivity index is 1.88. The van der Waals surface area contributed by atoms with Gasteiger partial charge in [0.25, 0.3) is 0 Å². The maximum absolute atomic E-state index is 4.96. The minimum atomic E-state index is 0.667. The van der Waals surface area contributed by atoms with Crippen molar-refractivity contribution < 1.29 is 4.52 Å². The van der Waals surface area contributed by atoms with Crippen molar-refractivity contribution in [2.45, 2.75) is 13.5 Å². The second-order valence-electron chi connectivity index (χ2n) is 3.41. The molecule has 2 rings (SSSR count). The largest absolute Gasteiger partial charge is 0.361 e. The van der Waals surface area contributed by atoms with Gasteiger partial charge in [-0.2, -0.15) is 0 Å². The van der Waals surface area contributed by atoms with Crippen LogP contribution >= 0.6 is 0 Å². The first-order valence-corrected chi connectivity index (χ1v) is 4.67. The van der Waals surface area contributed by atoms with Gasteiger partial charge >= 0.3 is 0 Å². The summed E-state index contributed by atoms with van der Waals surface area (Å²) in [6.45, 7) is 4.41. The quantitative estimate of drug-likeness (QED) is 0.739. The van der Waals surface area contributed by atoms with Crippen molar-refractivity contribution in [2.24, 2.45) is 4.99 Å². The summed E-state index contributed by atoms with van der Waals surface area (Å²) in [5.74, 6) is 1.77. The highest BCUT2D eigenvalue weighted by atomic mass is 16.5. The standard InChI is InChI=1S/C9H14N4O/c1-7-5-8(12-14-7)6-11-9-10-3-4-13(9)2/h5H,3-4,6H2,1-2H3,(H,10,11). The molecular weight excluding hydrogens is 180 g/mol. The van der Waals surface area contributed by atoms with Crippen LogP contribution < -0.4 is 5.32 Å². The summed E-state index contributed by atoms with van der Waals surface area (Å²) in [6, 6.07) is 1.92. The zero-order valence-electron chi connectivity index (χ0n) is 8.45. The van der Waals surface area contributed by atoms with E-state index in [0.29, 0.717) is 6.54 Å². The monoisotopic (exact) mass is 194 g/mol. The van der Waals surface area contributed by atoms with Crippen LogP contribution in [0.4, 0.5) is 0 Å². The summed E-state index contributed by atoms with van der Waals surface area (Å²) in [5.41, 5.74) is 0.908. The number of rotatable bonds is 2. The number of aliphatic imine (C=N–C) groups is 1. The van der Waals surface area contributed by atoms with Gasteiger partial charge in [-0.1, -0.05) is 5.16 Å². The molecule has 14 heavy (non-hydrogen) atoms. The summed E-state index contributed by atoms with van der Waals surface area (Å²) in [6.07, 6.45) is 0. The van der Waals surface area contributed by atoms with E-state index in [0.717, 1.165) is 30.5 Å². The molecular formula is C9H14N4O. The Bertz CT molecular complexity index is 344. The SMILES string of the molecule is Cc1cc(CNC2=NCCN2C)no1. The predicted molar refractivity (Wildman–Crippen MR) is 53.0 cm³/mol. The molecule has 0 bridgehead atoms. The number of nitrogens with one attached hydrogen (secondary N) is 1. The molecule has 5 heteroatoms. The lowest BCUT2D eigenvalue weighted by molar-refractivity contribution is 0.389. The molecule has 1 aliphatic rings. The molecule has 0 saturated heterocycles. The number of hydrogen-bond acceptors (Lipinski definition) is 5. The molecule has 0 fully saturated rings. The van der Waals surface area contributed by atoms with E-state index in [9.17, 15) is 0 Å². The van der Waals surface area contributed by atoms with E-state index in [1.54, 1.807) is 0 Å². The lowest BCUT2D eigenvalue weighted by Crippen LogP contribution is -2.35. The van der Waals surface area contributed by atoms with Gasteiger partial charge in [0, 0.05) is 19.7 Å². The van der Waals surface area contributed by atoms with Crippen molar-refractivity contribution >= 4 is 5.96 Å². The minimum Gasteiger partial charge on any atom is -0.361 e.